The minimum absolute atomic E-state index is 0. The highest BCUT2D eigenvalue weighted by Crippen LogP contribution is 2.44. The fourth-order valence-corrected chi connectivity index (χ4v) is 4.17. The summed E-state index contributed by atoms with van der Waals surface area (Å²) in [5, 5.41) is 32.0. The third-order valence-electron chi connectivity index (χ3n) is 4.72. The second kappa shape index (κ2) is 18.1. The molecule has 1 aliphatic heterocycles. The number of nitrogens with zero attached hydrogens (tertiary/aromatic N) is 6. The Morgan fingerprint density at radius 2 is 1.44 bits per heavy atom. The number of rotatable bonds is 11. The lowest BCUT2D eigenvalue weighted by molar-refractivity contribution is -0.170. The maximum Gasteiger partial charge on any atom is 0.197 e. The summed E-state index contributed by atoms with van der Waals surface area (Å²) >= 11 is 0. The Morgan fingerprint density at radius 1 is 0.944 bits per heavy atom. The molecule has 1 aliphatic carbocycles. The van der Waals surface area contributed by atoms with Gasteiger partial charge in [0, 0.05) is 56.4 Å². The van der Waals surface area contributed by atoms with E-state index in [-0.39, 0.29) is 45.9 Å². The maximum absolute atomic E-state index is 11.6. The van der Waals surface area contributed by atoms with Crippen LogP contribution in [0.1, 0.15) is 33.1 Å². The summed E-state index contributed by atoms with van der Waals surface area (Å²) in [6, 6.07) is 0. The van der Waals surface area contributed by atoms with Crippen LogP contribution in [0, 0.1) is 0 Å². The van der Waals surface area contributed by atoms with Crippen molar-refractivity contribution in [2.24, 2.45) is 10.2 Å². The third-order valence-corrected chi connectivity index (χ3v) is 6.26. The molecule has 1 heterocycles. The Kier molecular flexibility index (Phi) is 18.6. The molecule has 36 heavy (non-hydrogen) atoms. The van der Waals surface area contributed by atoms with Crippen LogP contribution in [0.5, 0.6) is 0 Å². The van der Waals surface area contributed by atoms with Gasteiger partial charge < -0.3 is 33.8 Å². The Balaban J connectivity index is 0. The van der Waals surface area contributed by atoms with Gasteiger partial charge in [0.15, 0.2) is 20.5 Å². The second-order valence-corrected chi connectivity index (χ2v) is 14.0. The molecule has 15 nitrogen and oxygen atoms in total. The number of hydrogen-bond donors (Lipinski definition) is 3. The van der Waals surface area contributed by atoms with Crippen molar-refractivity contribution in [1.82, 2.24) is 0 Å². The summed E-state index contributed by atoms with van der Waals surface area (Å²) < 4.78 is 44.7. The molecule has 0 aromatic carbocycles. The first kappa shape index (κ1) is 37.0. The highest BCUT2D eigenvalue weighted by atomic mass is 31.2. The SMILES string of the molecule is C.CO.CP(C)(=O)OC[C@@H]1OC2(CCCC2)O[C@H]1CN=[N+]=[N-].CP(C)(=O)OC[C@H](O)[C@@H](O)CN=[N+]=[N-]. The molecule has 17 heteroatoms. The molecule has 0 aromatic rings. The van der Waals surface area contributed by atoms with Crippen molar-refractivity contribution in [2.45, 2.75) is 63.3 Å². The van der Waals surface area contributed by atoms with Gasteiger partial charge in [-0.2, -0.15) is 0 Å². The minimum atomic E-state index is -2.66. The molecule has 4 atom stereocenters. The van der Waals surface area contributed by atoms with Crippen LogP contribution in [0.4, 0.5) is 0 Å². The molecule has 0 radical (unpaired) electrons. The maximum atomic E-state index is 11.6. The van der Waals surface area contributed by atoms with Gasteiger partial charge in [0.2, 0.25) is 0 Å². The largest absolute Gasteiger partial charge is 0.400 e. The average molecular weight is 561 g/mol. The molecule has 2 fully saturated rings. The van der Waals surface area contributed by atoms with E-state index in [0.717, 1.165) is 32.8 Å². The Morgan fingerprint density at radius 3 is 1.92 bits per heavy atom. The van der Waals surface area contributed by atoms with Crippen LogP contribution in [-0.4, -0.2) is 106 Å². The predicted molar refractivity (Wildman–Crippen MR) is 137 cm³/mol. The molecular weight excluding hydrogens is 518 g/mol. The summed E-state index contributed by atoms with van der Waals surface area (Å²) in [6.07, 6.45) is 0.811. The summed E-state index contributed by atoms with van der Waals surface area (Å²) in [4.78, 5) is 5.18. The highest BCUT2D eigenvalue weighted by molar-refractivity contribution is 7.57. The van der Waals surface area contributed by atoms with Gasteiger partial charge in [0.1, 0.15) is 12.2 Å². The average Bonchev–Trinajstić information content (AvgIpc) is 3.39. The lowest BCUT2D eigenvalue weighted by atomic mass is 10.2. The highest BCUT2D eigenvalue weighted by Gasteiger charge is 2.49. The van der Waals surface area contributed by atoms with Crippen LogP contribution in [0.3, 0.4) is 0 Å². The first-order valence-corrected chi connectivity index (χ1v) is 15.9. The van der Waals surface area contributed by atoms with Crippen molar-refractivity contribution in [3.05, 3.63) is 20.9 Å². The molecule has 0 unspecified atom stereocenters. The smallest absolute Gasteiger partial charge is 0.197 e. The zero-order valence-corrected chi connectivity index (χ0v) is 22.6. The topological polar surface area (TPSA) is 229 Å². The normalized spacial score (nSPS) is 21.9. The molecular formula is C19H42N6O9P2. The number of ether oxygens (including phenoxy) is 2. The first-order valence-electron chi connectivity index (χ1n) is 10.9. The Hall–Kier alpha value is -1.20. The third kappa shape index (κ3) is 15.8. The van der Waals surface area contributed by atoms with Crippen molar-refractivity contribution >= 4 is 14.7 Å². The standard InChI is InChI=1S/C11H20N3O4P.C6H14N3O4P.CH4O.CH4/c1-19(2,15)16-8-10-9(7-13-14-12)17-11(18-10)5-3-4-6-11;1-14(2,12)13-4-6(11)5(10)3-8-9-7;1-2;/h9-10H,3-8H2,1-2H3;5-6,10-11H,3-4H2,1-2H3;2H,1H3;1H4/t9-,10-;5-,6-;;/m00../s1. The van der Waals surface area contributed by atoms with E-state index in [2.05, 4.69) is 20.1 Å². The number of aliphatic hydroxyl groups is 3. The van der Waals surface area contributed by atoms with Crippen molar-refractivity contribution in [1.29, 1.82) is 0 Å². The fourth-order valence-electron chi connectivity index (χ4n) is 3.16. The van der Waals surface area contributed by atoms with Crippen LogP contribution >= 0.6 is 14.7 Å². The summed E-state index contributed by atoms with van der Waals surface area (Å²) in [6.45, 7) is 5.87. The zero-order chi connectivity index (χ0) is 27.1. The van der Waals surface area contributed by atoms with E-state index in [1.54, 1.807) is 13.3 Å². The lowest BCUT2D eigenvalue weighted by Gasteiger charge is -2.22. The molecule has 3 N–H and O–H groups in total. The molecule has 0 aromatic heterocycles. The zero-order valence-electron chi connectivity index (χ0n) is 20.8. The molecule has 0 amide bonds. The molecule has 0 bridgehead atoms. The van der Waals surface area contributed by atoms with E-state index in [9.17, 15) is 14.2 Å². The molecule has 1 spiro atoms. The Labute approximate surface area is 212 Å². The van der Waals surface area contributed by atoms with E-state index < -0.39 is 32.7 Å². The van der Waals surface area contributed by atoms with Crippen molar-refractivity contribution < 1.29 is 43.0 Å². The van der Waals surface area contributed by atoms with Gasteiger partial charge in [-0.15, -0.1) is 0 Å². The fraction of sp³-hybridized carbons (Fsp3) is 1.00. The van der Waals surface area contributed by atoms with E-state index >= 15 is 0 Å². The van der Waals surface area contributed by atoms with Crippen LogP contribution in [-0.2, 0) is 27.7 Å². The summed E-state index contributed by atoms with van der Waals surface area (Å²) in [5.41, 5.74) is 16.4. The van der Waals surface area contributed by atoms with Gasteiger partial charge >= 0.3 is 0 Å². The van der Waals surface area contributed by atoms with Gasteiger partial charge in [-0.1, -0.05) is 17.7 Å². The van der Waals surface area contributed by atoms with Crippen molar-refractivity contribution in [3.8, 4) is 0 Å². The van der Waals surface area contributed by atoms with E-state index in [4.69, 9.17) is 39.8 Å². The molecule has 2 rings (SSSR count). The van der Waals surface area contributed by atoms with Gasteiger partial charge in [-0.25, -0.2) is 0 Å². The predicted octanol–water partition coefficient (Wildman–Crippen LogP) is 3.72. The van der Waals surface area contributed by atoms with Crippen LogP contribution < -0.4 is 0 Å². The number of aliphatic hydroxyl groups excluding tert-OH is 3. The van der Waals surface area contributed by atoms with Crippen LogP contribution in [0.15, 0.2) is 10.2 Å². The molecule has 1 saturated carbocycles. The number of azide groups is 2. The minimum Gasteiger partial charge on any atom is -0.400 e. The lowest BCUT2D eigenvalue weighted by Crippen LogP contribution is -2.32. The second-order valence-electron chi connectivity index (χ2n) is 8.49. The first-order chi connectivity index (χ1) is 16.3. The van der Waals surface area contributed by atoms with Gasteiger partial charge in [0.05, 0.1) is 38.5 Å². The summed E-state index contributed by atoms with van der Waals surface area (Å²) in [5.74, 6) is -0.546. The van der Waals surface area contributed by atoms with E-state index in [1.807, 2.05) is 0 Å². The molecule has 1 saturated heterocycles. The Bertz CT molecular complexity index is 805. The summed E-state index contributed by atoms with van der Waals surface area (Å²) in [7, 11) is -4.21. The van der Waals surface area contributed by atoms with E-state index in [1.165, 1.54) is 13.3 Å². The monoisotopic (exact) mass is 560 g/mol. The molecule has 2 aliphatic rings. The quantitative estimate of drug-likeness (QED) is 0.144. The van der Waals surface area contributed by atoms with Crippen molar-refractivity contribution in [3.63, 3.8) is 0 Å². The number of hydrogen-bond acceptors (Lipinski definition) is 11. The van der Waals surface area contributed by atoms with Gasteiger partial charge in [-0.05, 0) is 23.9 Å². The van der Waals surface area contributed by atoms with Crippen LogP contribution in [0.25, 0.3) is 20.9 Å². The molecule has 212 valence electrons. The van der Waals surface area contributed by atoms with Crippen molar-refractivity contribution in [2.75, 3.05) is 60.1 Å². The van der Waals surface area contributed by atoms with Gasteiger partial charge in [-0.3, -0.25) is 9.13 Å². The van der Waals surface area contributed by atoms with E-state index in [0.29, 0.717) is 0 Å². The van der Waals surface area contributed by atoms with Crippen LogP contribution in [0.2, 0.25) is 0 Å². The van der Waals surface area contributed by atoms with Gasteiger partial charge in [0.25, 0.3) is 0 Å².